The molecule has 1 aliphatic heterocycles. The Labute approximate surface area is 203 Å². The van der Waals surface area contributed by atoms with E-state index in [0.717, 1.165) is 41.4 Å². The molecule has 5 rings (SSSR count). The van der Waals surface area contributed by atoms with Gasteiger partial charge < -0.3 is 21.3 Å². The monoisotopic (exact) mass is 476 g/mol. The Kier molecular flexibility index (Phi) is 6.76. The predicted molar refractivity (Wildman–Crippen MR) is 136 cm³/mol. The minimum absolute atomic E-state index is 0.0765. The van der Waals surface area contributed by atoms with Crippen LogP contribution < -0.4 is 11.1 Å². The van der Waals surface area contributed by atoms with E-state index in [1.54, 1.807) is 6.20 Å². The molecule has 0 spiro atoms. The largest absolute Gasteiger partial charge is 0.396 e. The molecule has 0 aliphatic carbocycles. The SMILES string of the molecule is CCCC(CCO)Nc1nc(N)nc2cnn(Cc3ccc(CN4CC(O)C4)c4cccnc34)c12. The lowest BCUT2D eigenvalue weighted by Crippen LogP contribution is -2.49. The number of aromatic nitrogens is 5. The number of benzene rings is 1. The van der Waals surface area contributed by atoms with Gasteiger partial charge >= 0.3 is 0 Å². The van der Waals surface area contributed by atoms with Crippen LogP contribution in [-0.4, -0.2) is 71.7 Å². The van der Waals surface area contributed by atoms with Crippen LogP contribution >= 0.6 is 0 Å². The Morgan fingerprint density at radius 3 is 2.74 bits per heavy atom. The number of aliphatic hydroxyl groups is 2. The second kappa shape index (κ2) is 10.1. The van der Waals surface area contributed by atoms with Gasteiger partial charge in [0.05, 0.1) is 24.4 Å². The van der Waals surface area contributed by atoms with Gasteiger partial charge in [0.2, 0.25) is 5.95 Å². The molecule has 0 saturated carbocycles. The third-order valence-corrected chi connectivity index (χ3v) is 6.56. The highest BCUT2D eigenvalue weighted by Gasteiger charge is 2.25. The maximum absolute atomic E-state index is 9.64. The first kappa shape index (κ1) is 23.4. The normalized spacial score (nSPS) is 15.5. The number of rotatable bonds is 10. The van der Waals surface area contributed by atoms with E-state index < -0.39 is 0 Å². The number of aliphatic hydroxyl groups excluding tert-OH is 2. The fourth-order valence-electron chi connectivity index (χ4n) is 4.85. The Hall–Kier alpha value is -3.34. The number of likely N-dealkylation sites (tertiary alicyclic amines) is 1. The van der Waals surface area contributed by atoms with Crippen LogP contribution in [0.2, 0.25) is 0 Å². The van der Waals surface area contributed by atoms with Gasteiger partial charge in [0.15, 0.2) is 5.82 Å². The average molecular weight is 477 g/mol. The van der Waals surface area contributed by atoms with Crippen molar-refractivity contribution in [2.24, 2.45) is 0 Å². The van der Waals surface area contributed by atoms with E-state index in [4.69, 9.17) is 10.7 Å². The third-order valence-electron chi connectivity index (χ3n) is 6.56. The molecule has 3 aromatic heterocycles. The Bertz CT molecular complexity index is 1310. The fraction of sp³-hybridized carbons (Fsp3) is 0.440. The number of nitrogens with zero attached hydrogens (tertiary/aromatic N) is 6. The van der Waals surface area contributed by atoms with E-state index in [2.05, 4.69) is 50.4 Å². The molecule has 10 nitrogen and oxygen atoms in total. The van der Waals surface area contributed by atoms with Crippen molar-refractivity contribution in [3.63, 3.8) is 0 Å². The molecular weight excluding hydrogens is 444 g/mol. The molecule has 1 atom stereocenters. The lowest BCUT2D eigenvalue weighted by Gasteiger charge is -2.36. The van der Waals surface area contributed by atoms with Gasteiger partial charge in [0.25, 0.3) is 0 Å². The van der Waals surface area contributed by atoms with Gasteiger partial charge in [-0.15, -0.1) is 0 Å². The molecule has 4 heterocycles. The van der Waals surface area contributed by atoms with E-state index in [1.807, 2.05) is 16.9 Å². The summed E-state index contributed by atoms with van der Waals surface area (Å²) in [5.41, 5.74) is 10.6. The number of hydrogen-bond donors (Lipinski definition) is 4. The molecular formula is C25H32N8O2. The second-order valence-electron chi connectivity index (χ2n) is 9.24. The van der Waals surface area contributed by atoms with Crippen molar-refractivity contribution in [2.75, 3.05) is 30.7 Å². The molecule has 0 radical (unpaired) electrons. The second-order valence-corrected chi connectivity index (χ2v) is 9.24. The first-order valence-corrected chi connectivity index (χ1v) is 12.2. The summed E-state index contributed by atoms with van der Waals surface area (Å²) in [5, 5.41) is 28.3. The predicted octanol–water partition coefficient (Wildman–Crippen LogP) is 2.14. The van der Waals surface area contributed by atoms with Crippen LogP contribution in [0.4, 0.5) is 11.8 Å². The molecule has 1 saturated heterocycles. The summed E-state index contributed by atoms with van der Waals surface area (Å²) in [6, 6.07) is 8.37. The maximum atomic E-state index is 9.64. The van der Waals surface area contributed by atoms with Gasteiger partial charge in [0.1, 0.15) is 11.0 Å². The molecule has 5 N–H and O–H groups in total. The summed E-state index contributed by atoms with van der Waals surface area (Å²) in [6.07, 6.45) is 5.81. The molecule has 184 valence electrons. The van der Waals surface area contributed by atoms with Crippen molar-refractivity contribution in [2.45, 2.75) is 51.4 Å². The Balaban J connectivity index is 1.49. The van der Waals surface area contributed by atoms with Crippen molar-refractivity contribution >= 4 is 33.7 Å². The van der Waals surface area contributed by atoms with Crippen LogP contribution in [0.25, 0.3) is 21.9 Å². The van der Waals surface area contributed by atoms with Crippen LogP contribution in [-0.2, 0) is 13.1 Å². The molecule has 35 heavy (non-hydrogen) atoms. The number of nitrogens with two attached hydrogens (primary N) is 1. The maximum Gasteiger partial charge on any atom is 0.222 e. The average Bonchev–Trinajstić information content (AvgIpc) is 3.22. The van der Waals surface area contributed by atoms with Crippen LogP contribution in [0.15, 0.2) is 36.7 Å². The number of anilines is 2. The summed E-state index contributed by atoms with van der Waals surface area (Å²) in [7, 11) is 0. The fourth-order valence-corrected chi connectivity index (χ4v) is 4.85. The van der Waals surface area contributed by atoms with E-state index in [1.165, 1.54) is 5.56 Å². The van der Waals surface area contributed by atoms with Crippen LogP contribution in [0, 0.1) is 0 Å². The minimum Gasteiger partial charge on any atom is -0.396 e. The quantitative estimate of drug-likeness (QED) is 0.271. The van der Waals surface area contributed by atoms with Crippen molar-refractivity contribution in [1.82, 2.24) is 29.6 Å². The number of nitrogen functional groups attached to an aromatic ring is 1. The standard InChI is InChI=1S/C25H32N8O2/c1-2-4-18(8-10-34)29-24-23-21(30-25(26)31-24)11-28-33(23)13-17-7-6-16(12-32-14-19(35)15-32)20-5-3-9-27-22(17)20/h3,5-7,9,11,18-19,34-35H,2,4,8,10,12-15H2,1H3,(H3,26,29,30,31). The number of hydrogen-bond acceptors (Lipinski definition) is 9. The molecule has 1 aliphatic rings. The summed E-state index contributed by atoms with van der Waals surface area (Å²) in [6.45, 7) is 4.91. The molecule has 10 heteroatoms. The number of fused-ring (bicyclic) bond motifs is 2. The number of pyridine rings is 1. The van der Waals surface area contributed by atoms with Crippen molar-refractivity contribution < 1.29 is 10.2 Å². The molecule has 4 aromatic rings. The smallest absolute Gasteiger partial charge is 0.222 e. The first-order chi connectivity index (χ1) is 17.1. The van der Waals surface area contributed by atoms with Gasteiger partial charge in [-0.05, 0) is 30.0 Å². The van der Waals surface area contributed by atoms with Crippen molar-refractivity contribution in [3.8, 4) is 0 Å². The van der Waals surface area contributed by atoms with E-state index in [0.29, 0.717) is 37.4 Å². The topological polar surface area (TPSA) is 138 Å². The molecule has 0 bridgehead atoms. The Morgan fingerprint density at radius 1 is 1.14 bits per heavy atom. The molecule has 1 unspecified atom stereocenters. The zero-order chi connectivity index (χ0) is 24.4. The highest BCUT2D eigenvalue weighted by molar-refractivity contribution is 5.88. The van der Waals surface area contributed by atoms with Crippen molar-refractivity contribution in [3.05, 3.63) is 47.8 Å². The van der Waals surface area contributed by atoms with Gasteiger partial charge in [0, 0.05) is 43.9 Å². The van der Waals surface area contributed by atoms with E-state index in [9.17, 15) is 10.2 Å². The van der Waals surface area contributed by atoms with E-state index in [-0.39, 0.29) is 24.7 Å². The lowest BCUT2D eigenvalue weighted by atomic mass is 10.0. The highest BCUT2D eigenvalue weighted by atomic mass is 16.3. The van der Waals surface area contributed by atoms with Crippen LogP contribution in [0.5, 0.6) is 0 Å². The summed E-state index contributed by atoms with van der Waals surface area (Å²) >= 11 is 0. The van der Waals surface area contributed by atoms with Crippen molar-refractivity contribution in [1.29, 1.82) is 0 Å². The first-order valence-electron chi connectivity index (χ1n) is 12.2. The highest BCUT2D eigenvalue weighted by Crippen LogP contribution is 2.27. The zero-order valence-electron chi connectivity index (χ0n) is 19.9. The van der Waals surface area contributed by atoms with E-state index >= 15 is 0 Å². The molecule has 1 aromatic carbocycles. The van der Waals surface area contributed by atoms with Gasteiger partial charge in [-0.3, -0.25) is 14.6 Å². The summed E-state index contributed by atoms with van der Waals surface area (Å²) in [4.78, 5) is 15.8. The lowest BCUT2D eigenvalue weighted by molar-refractivity contribution is -0.00263. The van der Waals surface area contributed by atoms with Gasteiger partial charge in [-0.2, -0.15) is 10.1 Å². The minimum atomic E-state index is -0.222. The third kappa shape index (κ3) is 4.90. The van der Waals surface area contributed by atoms with Gasteiger partial charge in [-0.1, -0.05) is 31.5 Å². The number of β-amino-alcohol motifs (C(OH)–C–C–N with tert-alkyl or cyclic N) is 1. The summed E-state index contributed by atoms with van der Waals surface area (Å²) in [5.74, 6) is 0.813. The molecule has 0 amide bonds. The number of nitrogens with one attached hydrogen (secondary N) is 1. The Morgan fingerprint density at radius 2 is 1.97 bits per heavy atom. The van der Waals surface area contributed by atoms with Crippen LogP contribution in [0.3, 0.4) is 0 Å². The van der Waals surface area contributed by atoms with Crippen LogP contribution in [0.1, 0.15) is 37.3 Å². The summed E-state index contributed by atoms with van der Waals surface area (Å²) < 4.78 is 1.88. The molecule has 1 fully saturated rings. The van der Waals surface area contributed by atoms with Gasteiger partial charge in [-0.25, -0.2) is 4.98 Å². The zero-order valence-corrected chi connectivity index (χ0v) is 19.9.